The predicted molar refractivity (Wildman–Crippen MR) is 58.8 cm³/mol. The highest BCUT2D eigenvalue weighted by molar-refractivity contribution is 6.31. The maximum Gasteiger partial charge on any atom is 0.296 e. The van der Waals surface area contributed by atoms with E-state index >= 15 is 0 Å². The second-order valence-corrected chi connectivity index (χ2v) is 3.54. The Morgan fingerprint density at radius 2 is 2.12 bits per heavy atom. The number of carbonyl (C=O) groups is 1. The third kappa shape index (κ3) is 1.72. The van der Waals surface area contributed by atoms with Gasteiger partial charge in [-0.3, -0.25) is 14.9 Å². The lowest BCUT2D eigenvalue weighted by Gasteiger charge is -2.00. The number of carbonyl (C=O) groups excluding carboxylic acids is 1. The third-order valence-corrected chi connectivity index (χ3v) is 2.29. The Balaban J connectivity index is 2.85. The quantitative estimate of drug-likeness (QED) is 0.456. The highest BCUT2D eigenvalue weighted by Gasteiger charge is 2.15. The summed E-state index contributed by atoms with van der Waals surface area (Å²) in [6.07, 6.45) is 0.539. The van der Waals surface area contributed by atoms with Crippen LogP contribution in [0.5, 0.6) is 0 Å². The van der Waals surface area contributed by atoms with Gasteiger partial charge in [0.1, 0.15) is 11.2 Å². The normalized spacial score (nSPS) is 10.3. The summed E-state index contributed by atoms with van der Waals surface area (Å²) in [6.45, 7) is 0. The van der Waals surface area contributed by atoms with E-state index in [2.05, 4.69) is 4.98 Å². The summed E-state index contributed by atoms with van der Waals surface area (Å²) in [5, 5.41) is 11.6. The number of nitrogens with zero attached hydrogens (tertiary/aromatic N) is 2. The van der Waals surface area contributed by atoms with Gasteiger partial charge in [0.25, 0.3) is 5.69 Å². The molecule has 1 aromatic carbocycles. The smallest absolute Gasteiger partial charge is 0.296 e. The molecule has 5 nitrogen and oxygen atoms in total. The van der Waals surface area contributed by atoms with Crippen molar-refractivity contribution in [3.05, 3.63) is 45.1 Å². The molecule has 1 heterocycles. The molecule has 0 saturated carbocycles. The van der Waals surface area contributed by atoms with Crippen LogP contribution >= 0.6 is 11.6 Å². The van der Waals surface area contributed by atoms with Crippen molar-refractivity contribution in [2.45, 2.75) is 0 Å². The van der Waals surface area contributed by atoms with Crippen molar-refractivity contribution in [1.29, 1.82) is 0 Å². The molecule has 16 heavy (non-hydrogen) atoms. The summed E-state index contributed by atoms with van der Waals surface area (Å²) in [5.74, 6) is 0. The molecule has 0 atom stereocenters. The number of benzene rings is 1. The first-order chi connectivity index (χ1) is 7.61. The first-order valence-electron chi connectivity index (χ1n) is 4.31. The molecule has 2 rings (SSSR count). The second kappa shape index (κ2) is 3.86. The van der Waals surface area contributed by atoms with E-state index in [4.69, 9.17) is 11.6 Å². The second-order valence-electron chi connectivity index (χ2n) is 3.11. The van der Waals surface area contributed by atoms with Crippen LogP contribution in [0.2, 0.25) is 5.02 Å². The van der Waals surface area contributed by atoms with Gasteiger partial charge in [0.15, 0.2) is 6.29 Å². The van der Waals surface area contributed by atoms with Gasteiger partial charge in [-0.25, -0.2) is 4.98 Å². The Morgan fingerprint density at radius 3 is 2.75 bits per heavy atom. The van der Waals surface area contributed by atoms with Crippen LogP contribution in [0.15, 0.2) is 24.3 Å². The largest absolute Gasteiger partial charge is 0.296 e. The fraction of sp³-hybridized carbons (Fsp3) is 0. The monoisotopic (exact) mass is 236 g/mol. The summed E-state index contributed by atoms with van der Waals surface area (Å²) >= 11 is 5.74. The van der Waals surface area contributed by atoms with Crippen LogP contribution in [0.25, 0.3) is 10.9 Å². The molecule has 1 aromatic heterocycles. The minimum absolute atomic E-state index is 0.151. The number of non-ortho nitro benzene ring substituents is 1. The molecule has 80 valence electrons. The van der Waals surface area contributed by atoms with E-state index in [0.29, 0.717) is 11.7 Å². The van der Waals surface area contributed by atoms with Crippen LogP contribution in [-0.2, 0) is 0 Å². The summed E-state index contributed by atoms with van der Waals surface area (Å²) in [7, 11) is 0. The lowest BCUT2D eigenvalue weighted by molar-refractivity contribution is -0.383. The van der Waals surface area contributed by atoms with Crippen molar-refractivity contribution in [2.75, 3.05) is 0 Å². The lowest BCUT2D eigenvalue weighted by Crippen LogP contribution is -1.94. The molecule has 0 aliphatic carbocycles. The molecule has 6 heteroatoms. The van der Waals surface area contributed by atoms with Gasteiger partial charge in [-0.05, 0) is 12.1 Å². The standard InChI is InChI=1S/C10H5ClN2O3/c11-7-3-6-1-2-8(5-14)12-10(6)9(4-7)13(15)16/h1-5H. The van der Waals surface area contributed by atoms with Gasteiger partial charge in [0.2, 0.25) is 0 Å². The summed E-state index contributed by atoms with van der Waals surface area (Å²) in [5.41, 5.74) is 0.114. The number of pyridine rings is 1. The number of hydrogen-bond acceptors (Lipinski definition) is 4. The summed E-state index contributed by atoms with van der Waals surface area (Å²) in [6, 6.07) is 5.83. The first kappa shape index (κ1) is 10.5. The van der Waals surface area contributed by atoms with E-state index < -0.39 is 4.92 Å². The predicted octanol–water partition coefficient (Wildman–Crippen LogP) is 2.61. The first-order valence-corrected chi connectivity index (χ1v) is 4.69. The van der Waals surface area contributed by atoms with Crippen LogP contribution in [0, 0.1) is 10.1 Å². The molecule has 0 fully saturated rings. The number of rotatable bonds is 2. The number of nitro groups is 1. The van der Waals surface area contributed by atoms with Crippen molar-refractivity contribution >= 4 is 34.5 Å². The Hall–Kier alpha value is -2.01. The van der Waals surface area contributed by atoms with E-state index in [1.807, 2.05) is 0 Å². The van der Waals surface area contributed by atoms with Gasteiger partial charge in [-0.1, -0.05) is 17.7 Å². The van der Waals surface area contributed by atoms with E-state index in [9.17, 15) is 14.9 Å². The average Bonchev–Trinajstić information content (AvgIpc) is 2.27. The number of halogens is 1. The Bertz CT molecular complexity index is 598. The van der Waals surface area contributed by atoms with E-state index in [1.165, 1.54) is 12.1 Å². The van der Waals surface area contributed by atoms with Gasteiger partial charge in [0.05, 0.1) is 4.92 Å². The highest BCUT2D eigenvalue weighted by atomic mass is 35.5. The fourth-order valence-electron chi connectivity index (χ4n) is 1.40. The van der Waals surface area contributed by atoms with E-state index in [-0.39, 0.29) is 21.9 Å². The number of aldehydes is 1. The number of fused-ring (bicyclic) bond motifs is 1. The Kier molecular flexibility index (Phi) is 2.54. The summed E-state index contributed by atoms with van der Waals surface area (Å²) in [4.78, 5) is 24.6. The zero-order chi connectivity index (χ0) is 11.7. The van der Waals surface area contributed by atoms with Crippen molar-refractivity contribution in [3.63, 3.8) is 0 Å². The average molecular weight is 237 g/mol. The number of aromatic nitrogens is 1. The molecular formula is C10H5ClN2O3. The number of hydrogen-bond donors (Lipinski definition) is 0. The molecule has 0 spiro atoms. The Labute approximate surface area is 94.8 Å². The van der Waals surface area contributed by atoms with Gasteiger partial charge in [0, 0.05) is 16.5 Å². The maximum atomic E-state index is 10.8. The molecule has 0 bridgehead atoms. The fourth-order valence-corrected chi connectivity index (χ4v) is 1.62. The molecule has 0 radical (unpaired) electrons. The highest BCUT2D eigenvalue weighted by Crippen LogP contribution is 2.28. The van der Waals surface area contributed by atoms with Crippen molar-refractivity contribution in [1.82, 2.24) is 4.98 Å². The van der Waals surface area contributed by atoms with Crippen molar-refractivity contribution in [3.8, 4) is 0 Å². The molecule has 2 aromatic rings. The van der Waals surface area contributed by atoms with Crippen molar-refractivity contribution < 1.29 is 9.72 Å². The molecule has 0 saturated heterocycles. The zero-order valence-corrected chi connectivity index (χ0v) is 8.64. The molecule has 0 aliphatic heterocycles. The molecule has 0 unspecified atom stereocenters. The molecular weight excluding hydrogens is 232 g/mol. The third-order valence-electron chi connectivity index (χ3n) is 2.08. The van der Waals surface area contributed by atoms with Gasteiger partial charge in [-0.2, -0.15) is 0 Å². The van der Waals surface area contributed by atoms with Crippen LogP contribution in [0.3, 0.4) is 0 Å². The lowest BCUT2D eigenvalue weighted by atomic mass is 10.2. The van der Waals surface area contributed by atoms with Gasteiger partial charge < -0.3 is 0 Å². The zero-order valence-electron chi connectivity index (χ0n) is 7.88. The van der Waals surface area contributed by atoms with E-state index in [0.717, 1.165) is 0 Å². The van der Waals surface area contributed by atoms with Gasteiger partial charge >= 0.3 is 0 Å². The van der Waals surface area contributed by atoms with Crippen molar-refractivity contribution in [2.24, 2.45) is 0 Å². The van der Waals surface area contributed by atoms with Crippen LogP contribution in [-0.4, -0.2) is 16.2 Å². The van der Waals surface area contributed by atoms with Crippen LogP contribution < -0.4 is 0 Å². The summed E-state index contributed by atoms with van der Waals surface area (Å²) < 4.78 is 0. The number of nitro benzene ring substituents is 1. The molecule has 0 aliphatic rings. The topological polar surface area (TPSA) is 73.1 Å². The molecule has 0 amide bonds. The van der Waals surface area contributed by atoms with Gasteiger partial charge in [-0.15, -0.1) is 0 Å². The SMILES string of the molecule is O=Cc1ccc2cc(Cl)cc([N+](=O)[O-])c2n1. The minimum Gasteiger partial charge on any atom is -0.296 e. The van der Waals surface area contributed by atoms with E-state index in [1.54, 1.807) is 12.1 Å². The van der Waals surface area contributed by atoms with Crippen LogP contribution in [0.1, 0.15) is 10.5 Å². The Morgan fingerprint density at radius 1 is 1.38 bits per heavy atom. The van der Waals surface area contributed by atoms with Crippen LogP contribution in [0.4, 0.5) is 5.69 Å². The molecule has 0 N–H and O–H groups in total. The minimum atomic E-state index is -0.574. The maximum absolute atomic E-state index is 10.8.